The topological polar surface area (TPSA) is 78.9 Å². The van der Waals surface area contributed by atoms with Crippen LogP contribution in [0.15, 0.2) is 72.8 Å². The van der Waals surface area contributed by atoms with E-state index in [1.54, 1.807) is 41.3 Å². The molecule has 0 spiro atoms. The van der Waals surface area contributed by atoms with Crippen LogP contribution in [0.4, 0.5) is 11.4 Å². The summed E-state index contributed by atoms with van der Waals surface area (Å²) in [6.07, 6.45) is -0.503. The molecule has 0 aromatic heterocycles. The number of rotatable bonds is 5. The normalized spacial score (nSPS) is 15.4. The standard InChI is InChI=1S/C22H17ClN2O4/c23-18-7-3-1-5-16(18)21-24-19-8-4-2-6-17(19)22(28)25(21)14-9-11-15(12-10-14)29-13-20(26)27/h1-12,21,24H,13H2,(H,26,27)/t21-/m0/s1. The number of carboxylic acid groups (broad SMARTS) is 1. The second kappa shape index (κ2) is 7.85. The predicted molar refractivity (Wildman–Crippen MR) is 111 cm³/mol. The smallest absolute Gasteiger partial charge is 0.341 e. The van der Waals surface area contributed by atoms with E-state index in [-0.39, 0.29) is 5.91 Å². The Balaban J connectivity index is 1.74. The lowest BCUT2D eigenvalue weighted by Gasteiger charge is -2.38. The van der Waals surface area contributed by atoms with Crippen molar-refractivity contribution >= 4 is 34.9 Å². The largest absolute Gasteiger partial charge is 0.482 e. The van der Waals surface area contributed by atoms with E-state index in [0.717, 1.165) is 11.3 Å². The van der Waals surface area contributed by atoms with Crippen molar-refractivity contribution in [2.45, 2.75) is 6.17 Å². The number of carboxylic acids is 1. The van der Waals surface area contributed by atoms with Gasteiger partial charge in [0.25, 0.3) is 5.91 Å². The lowest BCUT2D eigenvalue weighted by Crippen LogP contribution is -2.43. The minimum atomic E-state index is -1.06. The van der Waals surface area contributed by atoms with E-state index in [1.165, 1.54) is 0 Å². The zero-order chi connectivity index (χ0) is 20.4. The van der Waals surface area contributed by atoms with Crippen molar-refractivity contribution in [2.75, 3.05) is 16.8 Å². The quantitative estimate of drug-likeness (QED) is 0.646. The maximum absolute atomic E-state index is 13.3. The Morgan fingerprint density at radius 2 is 1.72 bits per heavy atom. The van der Waals surface area contributed by atoms with E-state index in [9.17, 15) is 9.59 Å². The fourth-order valence-electron chi connectivity index (χ4n) is 3.28. The van der Waals surface area contributed by atoms with Crippen LogP contribution < -0.4 is 15.0 Å². The predicted octanol–water partition coefficient (Wildman–Crippen LogP) is 4.57. The molecular formula is C22H17ClN2O4. The fourth-order valence-corrected chi connectivity index (χ4v) is 3.52. The van der Waals surface area contributed by atoms with Crippen LogP contribution in [0.2, 0.25) is 5.02 Å². The highest BCUT2D eigenvalue weighted by molar-refractivity contribution is 6.31. The van der Waals surface area contributed by atoms with Gasteiger partial charge in [-0.25, -0.2) is 4.79 Å². The van der Waals surface area contributed by atoms with Gasteiger partial charge in [-0.1, -0.05) is 41.9 Å². The van der Waals surface area contributed by atoms with Crippen LogP contribution in [0, 0.1) is 0 Å². The second-order valence-electron chi connectivity index (χ2n) is 6.47. The number of nitrogens with zero attached hydrogens (tertiary/aromatic N) is 1. The Morgan fingerprint density at radius 3 is 2.45 bits per heavy atom. The molecule has 1 atom stereocenters. The first kappa shape index (κ1) is 18.8. The van der Waals surface area contributed by atoms with Gasteiger partial charge < -0.3 is 15.2 Å². The van der Waals surface area contributed by atoms with Crippen LogP contribution in [0.1, 0.15) is 22.1 Å². The molecule has 29 heavy (non-hydrogen) atoms. The molecule has 0 unspecified atom stereocenters. The molecule has 3 aromatic carbocycles. The number of aliphatic carboxylic acids is 1. The molecular weight excluding hydrogens is 392 g/mol. The van der Waals surface area contributed by atoms with Crippen LogP contribution in [0.5, 0.6) is 5.75 Å². The third kappa shape index (κ3) is 3.75. The van der Waals surface area contributed by atoms with E-state index in [0.29, 0.717) is 22.0 Å². The van der Waals surface area contributed by atoms with Gasteiger partial charge >= 0.3 is 5.97 Å². The van der Waals surface area contributed by atoms with Crippen LogP contribution in [0.25, 0.3) is 0 Å². The maximum atomic E-state index is 13.3. The molecule has 0 saturated carbocycles. The zero-order valence-corrected chi connectivity index (χ0v) is 16.0. The molecule has 0 radical (unpaired) electrons. The Bertz CT molecular complexity index is 1070. The molecule has 0 fully saturated rings. The summed E-state index contributed by atoms with van der Waals surface area (Å²) >= 11 is 6.43. The number of amides is 1. The Hall–Kier alpha value is -3.51. The van der Waals surface area contributed by atoms with Gasteiger partial charge in [0, 0.05) is 22.0 Å². The highest BCUT2D eigenvalue weighted by atomic mass is 35.5. The summed E-state index contributed by atoms with van der Waals surface area (Å²) in [5, 5.41) is 12.7. The van der Waals surface area contributed by atoms with Crippen molar-refractivity contribution < 1.29 is 19.4 Å². The van der Waals surface area contributed by atoms with Crippen molar-refractivity contribution in [1.82, 2.24) is 0 Å². The van der Waals surface area contributed by atoms with Gasteiger partial charge in [0.05, 0.1) is 5.56 Å². The van der Waals surface area contributed by atoms with Gasteiger partial charge in [0.15, 0.2) is 6.61 Å². The van der Waals surface area contributed by atoms with E-state index in [1.807, 2.05) is 36.4 Å². The second-order valence-corrected chi connectivity index (χ2v) is 6.87. The first-order valence-electron chi connectivity index (χ1n) is 8.93. The summed E-state index contributed by atoms with van der Waals surface area (Å²) in [6, 6.07) is 21.4. The highest BCUT2D eigenvalue weighted by Gasteiger charge is 2.34. The average molecular weight is 409 g/mol. The Morgan fingerprint density at radius 1 is 1.03 bits per heavy atom. The van der Waals surface area contributed by atoms with Crippen molar-refractivity contribution in [3.63, 3.8) is 0 Å². The number of hydrogen-bond donors (Lipinski definition) is 2. The SMILES string of the molecule is O=C(O)COc1ccc(N2C(=O)c3ccccc3N[C@@H]2c2ccccc2Cl)cc1. The van der Waals surface area contributed by atoms with Crippen molar-refractivity contribution in [2.24, 2.45) is 0 Å². The summed E-state index contributed by atoms with van der Waals surface area (Å²) < 4.78 is 5.18. The lowest BCUT2D eigenvalue weighted by atomic mass is 10.0. The average Bonchev–Trinajstić information content (AvgIpc) is 2.73. The molecule has 7 heteroatoms. The summed E-state index contributed by atoms with van der Waals surface area (Å²) in [7, 11) is 0. The van der Waals surface area contributed by atoms with Gasteiger partial charge in [0.1, 0.15) is 11.9 Å². The lowest BCUT2D eigenvalue weighted by molar-refractivity contribution is -0.139. The summed E-state index contributed by atoms with van der Waals surface area (Å²) in [6.45, 7) is -0.431. The number of ether oxygens (including phenoxy) is 1. The van der Waals surface area contributed by atoms with Crippen LogP contribution >= 0.6 is 11.6 Å². The first-order valence-corrected chi connectivity index (χ1v) is 9.30. The minimum absolute atomic E-state index is 0.163. The molecule has 0 bridgehead atoms. The molecule has 146 valence electrons. The third-order valence-corrected chi connectivity index (χ3v) is 4.95. The van der Waals surface area contributed by atoms with Gasteiger partial charge in [-0.05, 0) is 42.5 Å². The number of carbonyl (C=O) groups is 2. The first-order chi connectivity index (χ1) is 14.0. The Kier molecular flexibility index (Phi) is 5.10. The van der Waals surface area contributed by atoms with Crippen LogP contribution in [-0.4, -0.2) is 23.6 Å². The molecule has 1 heterocycles. The number of carbonyl (C=O) groups excluding carboxylic acids is 1. The Labute approximate surface area is 172 Å². The third-order valence-electron chi connectivity index (χ3n) is 4.60. The molecule has 1 aliphatic rings. The van der Waals surface area contributed by atoms with Crippen LogP contribution in [-0.2, 0) is 4.79 Å². The van der Waals surface area contributed by atoms with Crippen LogP contribution in [0.3, 0.4) is 0 Å². The number of para-hydroxylation sites is 1. The van der Waals surface area contributed by atoms with E-state index in [2.05, 4.69) is 5.32 Å². The van der Waals surface area contributed by atoms with E-state index >= 15 is 0 Å². The van der Waals surface area contributed by atoms with Crippen molar-refractivity contribution in [1.29, 1.82) is 0 Å². The molecule has 0 aliphatic carbocycles. The number of nitrogens with one attached hydrogen (secondary N) is 1. The number of fused-ring (bicyclic) bond motifs is 1. The molecule has 0 saturated heterocycles. The molecule has 6 nitrogen and oxygen atoms in total. The number of halogens is 1. The van der Waals surface area contributed by atoms with E-state index < -0.39 is 18.7 Å². The summed E-state index contributed by atoms with van der Waals surface area (Å²) in [5.74, 6) is -0.813. The van der Waals surface area contributed by atoms with Crippen molar-refractivity contribution in [3.8, 4) is 5.75 Å². The van der Waals surface area contributed by atoms with Gasteiger partial charge in [0.2, 0.25) is 0 Å². The molecule has 4 rings (SSSR count). The van der Waals surface area contributed by atoms with Gasteiger partial charge in [-0.3, -0.25) is 9.69 Å². The minimum Gasteiger partial charge on any atom is -0.482 e. The van der Waals surface area contributed by atoms with Gasteiger partial charge in [-0.15, -0.1) is 0 Å². The summed E-state index contributed by atoms with van der Waals surface area (Å²) in [5.41, 5.74) is 2.69. The number of anilines is 2. The molecule has 1 amide bonds. The van der Waals surface area contributed by atoms with Gasteiger partial charge in [-0.2, -0.15) is 0 Å². The maximum Gasteiger partial charge on any atom is 0.341 e. The molecule has 1 aliphatic heterocycles. The number of benzene rings is 3. The molecule has 2 N–H and O–H groups in total. The highest BCUT2D eigenvalue weighted by Crippen LogP contribution is 2.39. The zero-order valence-electron chi connectivity index (χ0n) is 15.2. The van der Waals surface area contributed by atoms with Crippen molar-refractivity contribution in [3.05, 3.63) is 88.9 Å². The van der Waals surface area contributed by atoms with E-state index in [4.69, 9.17) is 21.4 Å². The monoisotopic (exact) mass is 408 g/mol. The fraction of sp³-hybridized carbons (Fsp3) is 0.0909. The number of hydrogen-bond acceptors (Lipinski definition) is 4. The molecule has 3 aromatic rings. The summed E-state index contributed by atoms with van der Waals surface area (Å²) in [4.78, 5) is 25.7.